The first-order chi connectivity index (χ1) is 5.93. The van der Waals surface area contributed by atoms with E-state index in [1.54, 1.807) is 11.3 Å². The Bertz CT molecular complexity index is 419. The second-order valence-electron chi connectivity index (χ2n) is 3.04. The van der Waals surface area contributed by atoms with E-state index in [1.165, 1.54) is 12.8 Å². The molecule has 3 nitrogen and oxygen atoms in total. The molecule has 0 radical (unpaired) electrons. The van der Waals surface area contributed by atoms with Crippen LogP contribution in [0.15, 0.2) is 11.7 Å². The molecule has 0 aromatic carbocycles. The molecule has 0 atom stereocenters. The van der Waals surface area contributed by atoms with E-state index in [0.717, 1.165) is 16.2 Å². The summed E-state index contributed by atoms with van der Waals surface area (Å²) in [5, 5.41) is 0. The van der Waals surface area contributed by atoms with Gasteiger partial charge in [-0.25, -0.2) is 15.0 Å². The van der Waals surface area contributed by atoms with Crippen molar-refractivity contribution in [3.63, 3.8) is 0 Å². The Morgan fingerprint density at radius 3 is 3.08 bits per heavy atom. The monoisotopic (exact) mass is 177 g/mol. The fraction of sp³-hybridized carbons (Fsp3) is 0.375. The molecule has 1 saturated carbocycles. The van der Waals surface area contributed by atoms with Crippen LogP contribution >= 0.6 is 11.3 Å². The molecule has 0 saturated heterocycles. The zero-order chi connectivity index (χ0) is 7.97. The molecule has 0 spiro atoms. The van der Waals surface area contributed by atoms with Crippen molar-refractivity contribution >= 4 is 21.7 Å². The first-order valence-corrected chi connectivity index (χ1v) is 4.87. The van der Waals surface area contributed by atoms with Gasteiger partial charge in [0.25, 0.3) is 0 Å². The quantitative estimate of drug-likeness (QED) is 0.668. The Morgan fingerprint density at radius 1 is 1.33 bits per heavy atom. The second kappa shape index (κ2) is 2.23. The van der Waals surface area contributed by atoms with E-state index < -0.39 is 0 Å². The van der Waals surface area contributed by atoms with Gasteiger partial charge in [0.15, 0.2) is 5.65 Å². The molecule has 2 aromatic heterocycles. The van der Waals surface area contributed by atoms with Gasteiger partial charge in [-0.2, -0.15) is 0 Å². The van der Waals surface area contributed by atoms with Crippen LogP contribution in [0.4, 0.5) is 0 Å². The highest BCUT2D eigenvalue weighted by molar-refractivity contribution is 7.16. The van der Waals surface area contributed by atoms with Gasteiger partial charge in [-0.05, 0) is 12.8 Å². The van der Waals surface area contributed by atoms with Crippen LogP contribution in [0, 0.1) is 0 Å². The fourth-order valence-corrected chi connectivity index (χ4v) is 1.81. The summed E-state index contributed by atoms with van der Waals surface area (Å²) in [4.78, 5) is 12.8. The maximum absolute atomic E-state index is 4.39. The van der Waals surface area contributed by atoms with Crippen LogP contribution in [0.25, 0.3) is 10.3 Å². The maximum Gasteiger partial charge on any atom is 0.173 e. The van der Waals surface area contributed by atoms with Crippen molar-refractivity contribution in [2.24, 2.45) is 0 Å². The zero-order valence-electron chi connectivity index (χ0n) is 6.40. The second-order valence-corrected chi connectivity index (χ2v) is 3.93. The van der Waals surface area contributed by atoms with Gasteiger partial charge in [0.2, 0.25) is 0 Å². The third-order valence-corrected chi connectivity index (χ3v) is 2.80. The van der Waals surface area contributed by atoms with Gasteiger partial charge >= 0.3 is 0 Å². The van der Waals surface area contributed by atoms with E-state index >= 15 is 0 Å². The van der Waals surface area contributed by atoms with Gasteiger partial charge in [-0.3, -0.25) is 0 Å². The van der Waals surface area contributed by atoms with E-state index in [0.29, 0.717) is 5.92 Å². The lowest BCUT2D eigenvalue weighted by Crippen LogP contribution is -1.90. The topological polar surface area (TPSA) is 38.7 Å². The molecule has 60 valence electrons. The SMILES string of the molecule is c1nc2nc(C3CC3)ncc2s1. The van der Waals surface area contributed by atoms with Crippen LogP contribution in [0.2, 0.25) is 0 Å². The first kappa shape index (κ1) is 6.48. The van der Waals surface area contributed by atoms with Crippen LogP contribution in [-0.2, 0) is 0 Å². The molecule has 1 fully saturated rings. The van der Waals surface area contributed by atoms with Gasteiger partial charge in [-0.1, -0.05) is 0 Å². The summed E-state index contributed by atoms with van der Waals surface area (Å²) in [7, 11) is 0. The van der Waals surface area contributed by atoms with Gasteiger partial charge in [0, 0.05) is 5.92 Å². The molecule has 1 aliphatic carbocycles. The van der Waals surface area contributed by atoms with E-state index in [4.69, 9.17) is 0 Å². The molecule has 0 unspecified atom stereocenters. The molecule has 2 aromatic rings. The van der Waals surface area contributed by atoms with Crippen LogP contribution in [0.1, 0.15) is 24.6 Å². The number of rotatable bonds is 1. The number of nitrogens with zero attached hydrogens (tertiary/aromatic N) is 3. The van der Waals surface area contributed by atoms with Crippen LogP contribution < -0.4 is 0 Å². The Morgan fingerprint density at radius 2 is 2.25 bits per heavy atom. The van der Waals surface area contributed by atoms with Crippen LogP contribution in [0.3, 0.4) is 0 Å². The minimum atomic E-state index is 0.621. The van der Waals surface area contributed by atoms with E-state index in [1.807, 2.05) is 11.7 Å². The van der Waals surface area contributed by atoms with E-state index in [2.05, 4.69) is 15.0 Å². The molecule has 0 N–H and O–H groups in total. The zero-order valence-corrected chi connectivity index (χ0v) is 7.21. The summed E-state index contributed by atoms with van der Waals surface area (Å²) in [5.74, 6) is 1.60. The highest BCUT2D eigenvalue weighted by Gasteiger charge is 2.26. The van der Waals surface area contributed by atoms with E-state index in [-0.39, 0.29) is 0 Å². The minimum absolute atomic E-state index is 0.621. The average molecular weight is 177 g/mol. The molecule has 2 heterocycles. The normalized spacial score (nSPS) is 17.0. The molecule has 3 rings (SSSR count). The van der Waals surface area contributed by atoms with Crippen molar-refractivity contribution in [3.05, 3.63) is 17.5 Å². The third-order valence-electron chi connectivity index (χ3n) is 2.05. The highest BCUT2D eigenvalue weighted by atomic mass is 32.1. The van der Waals surface area contributed by atoms with Crippen molar-refractivity contribution in [1.29, 1.82) is 0 Å². The van der Waals surface area contributed by atoms with Crippen molar-refractivity contribution in [2.75, 3.05) is 0 Å². The predicted molar refractivity (Wildman–Crippen MR) is 47.2 cm³/mol. The predicted octanol–water partition coefficient (Wildman–Crippen LogP) is 1.96. The average Bonchev–Trinajstić information content (AvgIpc) is 2.84. The maximum atomic E-state index is 4.39. The summed E-state index contributed by atoms with van der Waals surface area (Å²) in [5.41, 5.74) is 2.67. The number of thiazole rings is 1. The Balaban J connectivity index is 2.21. The molecule has 4 heteroatoms. The van der Waals surface area contributed by atoms with Crippen molar-refractivity contribution in [2.45, 2.75) is 18.8 Å². The first-order valence-electron chi connectivity index (χ1n) is 3.99. The number of hydrogen-bond donors (Lipinski definition) is 0. The molecule has 1 aliphatic rings. The van der Waals surface area contributed by atoms with Gasteiger partial charge in [-0.15, -0.1) is 11.3 Å². The smallest absolute Gasteiger partial charge is 0.173 e. The lowest BCUT2D eigenvalue weighted by molar-refractivity contribution is 0.943. The molecule has 0 bridgehead atoms. The molecular formula is C8H7N3S. The number of hydrogen-bond acceptors (Lipinski definition) is 4. The molecular weight excluding hydrogens is 170 g/mol. The largest absolute Gasteiger partial charge is 0.239 e. The lowest BCUT2D eigenvalue weighted by Gasteiger charge is -1.93. The molecule has 0 aliphatic heterocycles. The fourth-order valence-electron chi connectivity index (χ4n) is 1.22. The van der Waals surface area contributed by atoms with Crippen molar-refractivity contribution in [1.82, 2.24) is 15.0 Å². The summed E-state index contributed by atoms with van der Waals surface area (Å²) in [6, 6.07) is 0. The van der Waals surface area contributed by atoms with Crippen molar-refractivity contribution < 1.29 is 0 Å². The third kappa shape index (κ3) is 0.914. The van der Waals surface area contributed by atoms with Crippen LogP contribution in [-0.4, -0.2) is 15.0 Å². The Hall–Kier alpha value is -1.03. The summed E-state index contributed by atoms with van der Waals surface area (Å²) >= 11 is 1.59. The molecule has 0 amide bonds. The number of fused-ring (bicyclic) bond motifs is 1. The standard InChI is InChI=1S/C8H7N3S/c1-2-5(1)7-9-3-6-8(11-7)10-4-12-6/h3-5H,1-2H2. The summed E-state index contributed by atoms with van der Waals surface area (Å²) in [6.45, 7) is 0. The molecule has 12 heavy (non-hydrogen) atoms. The summed E-state index contributed by atoms with van der Waals surface area (Å²) in [6.07, 6.45) is 4.37. The Labute approximate surface area is 73.5 Å². The minimum Gasteiger partial charge on any atom is -0.239 e. The lowest BCUT2D eigenvalue weighted by atomic mass is 10.4. The van der Waals surface area contributed by atoms with Gasteiger partial charge in [0.05, 0.1) is 16.4 Å². The van der Waals surface area contributed by atoms with Crippen LogP contribution in [0.5, 0.6) is 0 Å². The highest BCUT2D eigenvalue weighted by Crippen LogP contribution is 2.38. The van der Waals surface area contributed by atoms with Gasteiger partial charge < -0.3 is 0 Å². The number of aromatic nitrogens is 3. The Kier molecular flexibility index (Phi) is 1.20. The summed E-state index contributed by atoms with van der Waals surface area (Å²) < 4.78 is 1.08. The van der Waals surface area contributed by atoms with Crippen molar-refractivity contribution in [3.8, 4) is 0 Å². The van der Waals surface area contributed by atoms with Gasteiger partial charge in [0.1, 0.15) is 5.82 Å². The van der Waals surface area contributed by atoms with E-state index in [9.17, 15) is 0 Å².